The summed E-state index contributed by atoms with van der Waals surface area (Å²) in [7, 11) is -5.08. The summed E-state index contributed by atoms with van der Waals surface area (Å²) in [5.41, 5.74) is 11.4. The number of aliphatic hydroxyl groups excluding tert-OH is 1. The minimum atomic E-state index is -5.08. The van der Waals surface area contributed by atoms with E-state index in [4.69, 9.17) is 50.8 Å². The number of aromatic amines is 1. The number of pyridine rings is 1. The van der Waals surface area contributed by atoms with Crippen molar-refractivity contribution in [3.8, 4) is 0 Å². The first kappa shape index (κ1) is 30.7. The zero-order valence-electron chi connectivity index (χ0n) is 22.5. The summed E-state index contributed by atoms with van der Waals surface area (Å²) < 4.78 is 64.5. The van der Waals surface area contributed by atoms with Gasteiger partial charge >= 0.3 is 14.5 Å². The molecule has 10 atom stereocenters. The Bertz CT molecular complexity index is 1940. The molecule has 0 aromatic carbocycles. The second kappa shape index (κ2) is 11.1. The van der Waals surface area contributed by atoms with Gasteiger partial charge in [-0.15, -0.1) is 0 Å². The number of imidazole rings is 2. The zero-order chi connectivity index (χ0) is 31.8. The number of aliphatic hydroxyl groups is 1. The fourth-order valence-electron chi connectivity index (χ4n) is 5.34. The molecule has 3 fully saturated rings. The number of hydrogen-bond donors (Lipinski definition) is 6. The van der Waals surface area contributed by atoms with Crippen LogP contribution >= 0.6 is 14.5 Å². The summed E-state index contributed by atoms with van der Waals surface area (Å²) in [4.78, 5) is 52.6. The van der Waals surface area contributed by atoms with Gasteiger partial charge in [-0.25, -0.2) is 23.9 Å². The van der Waals surface area contributed by atoms with E-state index in [0.29, 0.717) is 0 Å². The Labute approximate surface area is 254 Å². The van der Waals surface area contributed by atoms with Crippen molar-refractivity contribution in [2.75, 3.05) is 24.7 Å². The lowest BCUT2D eigenvalue weighted by Crippen LogP contribution is -2.35. The smallest absolute Gasteiger partial charge is 0.397 e. The van der Waals surface area contributed by atoms with E-state index in [1.165, 1.54) is 27.7 Å². The molecular formula is C21H24FN9O11P2S. The first-order chi connectivity index (χ1) is 21.3. The van der Waals surface area contributed by atoms with Crippen LogP contribution in [0.25, 0.3) is 22.3 Å². The number of hydrogen-bond acceptors (Lipinski definition) is 16. The van der Waals surface area contributed by atoms with Crippen LogP contribution in [-0.4, -0.2) is 98.9 Å². The number of H-pyrrole nitrogens is 1. The number of phosphoric acid groups is 1. The zero-order valence-corrected chi connectivity index (χ0v) is 25.1. The van der Waals surface area contributed by atoms with Crippen molar-refractivity contribution in [3.63, 3.8) is 0 Å². The Morgan fingerprint density at radius 3 is 2.44 bits per heavy atom. The number of ether oxygens (including phenoxy) is 2. The molecule has 242 valence electrons. The van der Waals surface area contributed by atoms with Gasteiger partial charge in [-0.3, -0.25) is 32.5 Å². The molecule has 45 heavy (non-hydrogen) atoms. The number of nitrogens with one attached hydrogen (secondary N) is 1. The summed E-state index contributed by atoms with van der Waals surface area (Å²) in [6, 6.07) is 1.50. The molecule has 3 saturated heterocycles. The van der Waals surface area contributed by atoms with Gasteiger partial charge in [0.25, 0.3) is 5.56 Å². The lowest BCUT2D eigenvalue weighted by atomic mass is 10.1. The maximum absolute atomic E-state index is 15.9. The fraction of sp³-hybridized carbons (Fsp3) is 0.476. The third-order valence-electron chi connectivity index (χ3n) is 7.38. The van der Waals surface area contributed by atoms with E-state index in [2.05, 4.69) is 24.9 Å². The summed E-state index contributed by atoms with van der Waals surface area (Å²) in [6.07, 6.45) is -9.05. The lowest BCUT2D eigenvalue weighted by Gasteiger charge is -2.27. The number of halogens is 1. The Morgan fingerprint density at radius 2 is 1.67 bits per heavy atom. The van der Waals surface area contributed by atoms with E-state index in [-0.39, 0.29) is 34.0 Å². The lowest BCUT2D eigenvalue weighted by molar-refractivity contribution is -0.0635. The van der Waals surface area contributed by atoms with Crippen molar-refractivity contribution < 1.29 is 51.4 Å². The van der Waals surface area contributed by atoms with Crippen molar-refractivity contribution in [1.82, 2.24) is 34.1 Å². The van der Waals surface area contributed by atoms with Crippen molar-refractivity contribution in [1.29, 1.82) is 0 Å². The predicted molar refractivity (Wildman–Crippen MR) is 151 cm³/mol. The molecule has 2 bridgehead atoms. The van der Waals surface area contributed by atoms with E-state index in [0.717, 1.165) is 6.33 Å². The molecule has 24 heteroatoms. The average Bonchev–Trinajstić information content (AvgIpc) is 3.72. The van der Waals surface area contributed by atoms with Gasteiger partial charge < -0.3 is 40.4 Å². The third kappa shape index (κ3) is 5.45. The number of nitrogens with two attached hydrogens (primary N) is 2. The molecule has 0 radical (unpaired) electrons. The maximum Gasteiger partial charge on any atom is 0.472 e. The van der Waals surface area contributed by atoms with Crippen molar-refractivity contribution >= 4 is 60.3 Å². The molecule has 0 spiro atoms. The number of nitrogen functional groups attached to an aromatic ring is 2. The number of rotatable bonds is 2. The number of nitrogens with zero attached hydrogens (tertiary/aromatic N) is 6. The van der Waals surface area contributed by atoms with Gasteiger partial charge in [0, 0.05) is 6.20 Å². The standard InChI is InChI=1S/C21H24FN9O11P2S/c22-10-14-9(40-19(10)30-5-26-11-7(23)1-2-25-16(11)30)4-38-44(36,45)42-15-13(32)8(3-37-43(34,35)41-14)39-20(15)31-6-27-12-17(31)28-21(24)29-18(12)33/h1-2,5-6,8-10,13-15,19-20,32H,3-4H2,(H2,23,25)(H,34,35)(H,36,45)(H3,24,28,29,33)/t8-,9-,10+,13?,14?,15+,19-,20-,44?/m1/s1. The Balaban J connectivity index is 1.21. The summed E-state index contributed by atoms with van der Waals surface area (Å²) in [5, 5.41) is 11.1. The second-order valence-corrected chi connectivity index (χ2v) is 14.4. The van der Waals surface area contributed by atoms with Gasteiger partial charge in [0.2, 0.25) is 5.95 Å². The SMILES string of the molecule is Nc1nc2c(ncn2[C@@H]2O[C@@H]3COP(=O)(O)OC4[C@@H](COP(O)(=S)O[C@H]2C3O)O[C@@H](n2cnc3c(N)ccnc32)[C@H]4F)c(=O)[nH]1. The maximum atomic E-state index is 15.9. The molecule has 7 heterocycles. The fourth-order valence-corrected chi connectivity index (χ4v) is 7.71. The topological polar surface area (TPSA) is 279 Å². The third-order valence-corrected chi connectivity index (χ3v) is 9.93. The van der Waals surface area contributed by atoms with Crippen molar-refractivity contribution in [2.24, 2.45) is 0 Å². The van der Waals surface area contributed by atoms with Crippen LogP contribution < -0.4 is 17.0 Å². The number of phosphoric ester groups is 1. The molecule has 0 amide bonds. The quantitative estimate of drug-likeness (QED) is 0.143. The monoisotopic (exact) mass is 691 g/mol. The molecule has 0 saturated carbocycles. The highest BCUT2D eigenvalue weighted by molar-refractivity contribution is 8.07. The molecule has 4 aromatic heterocycles. The van der Waals surface area contributed by atoms with Gasteiger partial charge in [-0.05, 0) is 17.9 Å². The Kier molecular flexibility index (Phi) is 7.55. The Hall–Kier alpha value is -2.98. The van der Waals surface area contributed by atoms with Crippen molar-refractivity contribution in [3.05, 3.63) is 35.3 Å². The van der Waals surface area contributed by atoms with E-state index in [9.17, 15) is 24.3 Å². The van der Waals surface area contributed by atoms with E-state index < -0.39 is 82.5 Å². The van der Waals surface area contributed by atoms with Crippen LogP contribution in [0.1, 0.15) is 12.5 Å². The largest absolute Gasteiger partial charge is 0.472 e. The van der Waals surface area contributed by atoms with Gasteiger partial charge in [-0.2, -0.15) is 4.98 Å². The molecule has 4 aromatic rings. The first-order valence-electron chi connectivity index (χ1n) is 13.1. The first-order valence-corrected chi connectivity index (χ1v) is 17.1. The van der Waals surface area contributed by atoms with Crippen LogP contribution in [0.5, 0.6) is 0 Å². The highest BCUT2D eigenvalue weighted by Gasteiger charge is 2.54. The molecule has 4 unspecified atom stereocenters. The molecule has 0 aliphatic carbocycles. The van der Waals surface area contributed by atoms with Crippen LogP contribution in [0.4, 0.5) is 16.0 Å². The van der Waals surface area contributed by atoms with Gasteiger partial charge in [-0.1, -0.05) is 0 Å². The highest BCUT2D eigenvalue weighted by atomic mass is 32.5. The predicted octanol–water partition coefficient (Wildman–Crippen LogP) is -0.643. The summed E-state index contributed by atoms with van der Waals surface area (Å²) in [6.45, 7) is -5.79. The van der Waals surface area contributed by atoms with Crippen LogP contribution in [0.2, 0.25) is 0 Å². The van der Waals surface area contributed by atoms with Gasteiger partial charge in [0.15, 0.2) is 35.4 Å². The normalized spacial score (nSPS) is 37.7. The number of fused-ring (bicyclic) bond motifs is 5. The van der Waals surface area contributed by atoms with Gasteiger partial charge in [0.1, 0.15) is 36.0 Å². The molecular weight excluding hydrogens is 667 g/mol. The average molecular weight is 691 g/mol. The minimum Gasteiger partial charge on any atom is -0.397 e. The molecule has 7 rings (SSSR count). The van der Waals surface area contributed by atoms with Crippen LogP contribution in [0, 0.1) is 0 Å². The van der Waals surface area contributed by atoms with Crippen LogP contribution in [0.3, 0.4) is 0 Å². The summed E-state index contributed by atoms with van der Waals surface area (Å²) >= 11 is 5.19. The molecule has 20 nitrogen and oxygen atoms in total. The minimum absolute atomic E-state index is 0.0708. The van der Waals surface area contributed by atoms with E-state index in [1.807, 2.05) is 0 Å². The molecule has 3 aliphatic heterocycles. The van der Waals surface area contributed by atoms with Crippen LogP contribution in [0.15, 0.2) is 29.7 Å². The Morgan fingerprint density at radius 1 is 0.978 bits per heavy atom. The second-order valence-electron chi connectivity index (χ2n) is 10.2. The summed E-state index contributed by atoms with van der Waals surface area (Å²) in [5.74, 6) is -0.250. The molecule has 8 N–H and O–H groups in total. The van der Waals surface area contributed by atoms with E-state index >= 15 is 4.39 Å². The van der Waals surface area contributed by atoms with Gasteiger partial charge in [0.05, 0.1) is 31.6 Å². The van der Waals surface area contributed by atoms with E-state index in [1.54, 1.807) is 0 Å². The molecule has 3 aliphatic rings. The van der Waals surface area contributed by atoms with Crippen molar-refractivity contribution in [2.45, 2.75) is 49.1 Å². The number of anilines is 2. The number of alkyl halides is 1. The van der Waals surface area contributed by atoms with Crippen LogP contribution in [-0.2, 0) is 43.9 Å². The number of aromatic nitrogens is 7. The highest BCUT2D eigenvalue weighted by Crippen LogP contribution is 2.54.